The van der Waals surface area contributed by atoms with Gasteiger partial charge in [-0.3, -0.25) is 4.79 Å². The molecule has 0 atom stereocenters. The van der Waals surface area contributed by atoms with Crippen LogP contribution in [0.5, 0.6) is 0 Å². The molecule has 1 amide bonds. The lowest BCUT2D eigenvalue weighted by atomic mass is 10.1. The van der Waals surface area contributed by atoms with Crippen molar-refractivity contribution in [2.45, 2.75) is 38.1 Å². The van der Waals surface area contributed by atoms with Crippen LogP contribution in [-0.2, 0) is 21.2 Å². The summed E-state index contributed by atoms with van der Waals surface area (Å²) in [6, 6.07) is 12.6. The lowest BCUT2D eigenvalue weighted by molar-refractivity contribution is -0.118. The van der Waals surface area contributed by atoms with Crippen molar-refractivity contribution in [3.05, 3.63) is 58.4 Å². The van der Waals surface area contributed by atoms with Gasteiger partial charge in [0.1, 0.15) is 0 Å². The number of thiazole rings is 1. The molecule has 0 aliphatic rings. The van der Waals surface area contributed by atoms with Crippen LogP contribution in [0.1, 0.15) is 24.0 Å². The summed E-state index contributed by atoms with van der Waals surface area (Å²) in [4.78, 5) is 17.8. The first-order valence-electron chi connectivity index (χ1n) is 9.77. The fraction of sp³-hybridized carbons (Fsp3) is 0.364. The Labute approximate surface area is 185 Å². The molecular weight excluding hydrogens is 436 g/mol. The maximum atomic E-state index is 12.5. The van der Waals surface area contributed by atoms with E-state index in [9.17, 15) is 13.2 Å². The monoisotopic (exact) mass is 462 g/mol. The second-order valence-electron chi connectivity index (χ2n) is 7.17. The summed E-state index contributed by atoms with van der Waals surface area (Å²) in [5.41, 5.74) is 3.52. The number of thioether (sulfide) groups is 1. The predicted octanol–water partition coefficient (Wildman–Crippen LogP) is 4.36. The molecule has 0 aliphatic carbocycles. The number of hydrogen-bond donors (Lipinski definition) is 0. The normalized spacial score (nSPS) is 12.6. The molecule has 0 fully saturated rings. The smallest absolute Gasteiger partial charge is 0.248 e. The first-order chi connectivity index (χ1) is 14.3. The van der Waals surface area contributed by atoms with Crippen molar-refractivity contribution in [2.75, 3.05) is 17.8 Å². The zero-order chi connectivity index (χ0) is 21.7. The van der Waals surface area contributed by atoms with Crippen LogP contribution in [0.4, 0.5) is 0 Å². The second kappa shape index (κ2) is 9.94. The standard InChI is InChI=1S/C22H26N2O3S3/c1-16-14-19-20(15-17(16)2)29-22(24(19)11-12-28-3)23-21(25)10-7-13-30(26,27)18-8-5-4-6-9-18/h4-6,8-9,14-15H,7,10-13H2,1-3H3. The molecule has 3 rings (SSSR count). The number of carbonyl (C=O) groups is 1. The molecule has 8 heteroatoms. The molecule has 3 aromatic rings. The van der Waals surface area contributed by atoms with Gasteiger partial charge in [-0.1, -0.05) is 29.5 Å². The number of carbonyl (C=O) groups excluding carboxylic acids is 1. The molecule has 0 spiro atoms. The van der Waals surface area contributed by atoms with Crippen LogP contribution in [0.25, 0.3) is 10.2 Å². The third-order valence-corrected chi connectivity index (χ3v) is 8.39. The van der Waals surface area contributed by atoms with E-state index in [1.807, 2.05) is 0 Å². The van der Waals surface area contributed by atoms with Crippen molar-refractivity contribution >= 4 is 49.1 Å². The van der Waals surface area contributed by atoms with Gasteiger partial charge < -0.3 is 4.57 Å². The fourth-order valence-corrected chi connectivity index (χ4v) is 5.98. The Morgan fingerprint density at radius 3 is 2.53 bits per heavy atom. The lowest BCUT2D eigenvalue weighted by Crippen LogP contribution is -2.18. The second-order valence-corrected chi connectivity index (χ2v) is 11.3. The Kier molecular flexibility index (Phi) is 7.55. The van der Waals surface area contributed by atoms with E-state index in [0.717, 1.165) is 22.5 Å². The largest absolute Gasteiger partial charge is 0.316 e. The van der Waals surface area contributed by atoms with Gasteiger partial charge in [-0.15, -0.1) is 0 Å². The molecule has 160 valence electrons. The summed E-state index contributed by atoms with van der Waals surface area (Å²) >= 11 is 3.26. The molecule has 0 aliphatic heterocycles. The van der Waals surface area contributed by atoms with Gasteiger partial charge >= 0.3 is 0 Å². The van der Waals surface area contributed by atoms with Crippen LogP contribution in [-0.4, -0.2) is 36.7 Å². The molecule has 1 heterocycles. The molecule has 1 aromatic heterocycles. The van der Waals surface area contributed by atoms with Crippen molar-refractivity contribution < 1.29 is 13.2 Å². The van der Waals surface area contributed by atoms with Crippen molar-refractivity contribution in [3.63, 3.8) is 0 Å². The number of fused-ring (bicyclic) bond motifs is 1. The van der Waals surface area contributed by atoms with Crippen LogP contribution in [0.3, 0.4) is 0 Å². The van der Waals surface area contributed by atoms with Gasteiger partial charge in [-0.25, -0.2) is 8.42 Å². The fourth-order valence-electron chi connectivity index (χ4n) is 3.13. The zero-order valence-electron chi connectivity index (χ0n) is 17.4. The van der Waals surface area contributed by atoms with E-state index in [-0.39, 0.29) is 24.5 Å². The average molecular weight is 463 g/mol. The number of rotatable bonds is 8. The Balaban J connectivity index is 1.79. The zero-order valence-corrected chi connectivity index (χ0v) is 19.9. The van der Waals surface area contributed by atoms with Crippen LogP contribution in [0, 0.1) is 13.8 Å². The first kappa shape index (κ1) is 22.8. The number of amides is 1. The topological polar surface area (TPSA) is 68.5 Å². The Morgan fingerprint density at radius 1 is 1.13 bits per heavy atom. The number of benzene rings is 2. The van der Waals surface area contributed by atoms with Crippen LogP contribution in [0.2, 0.25) is 0 Å². The van der Waals surface area contributed by atoms with E-state index in [1.165, 1.54) is 22.5 Å². The van der Waals surface area contributed by atoms with Gasteiger partial charge in [0.15, 0.2) is 14.6 Å². The van der Waals surface area contributed by atoms with Crippen molar-refractivity contribution in [1.82, 2.24) is 4.57 Å². The van der Waals surface area contributed by atoms with Gasteiger partial charge in [0.2, 0.25) is 5.91 Å². The first-order valence-corrected chi connectivity index (χ1v) is 13.6. The minimum Gasteiger partial charge on any atom is -0.316 e. The third kappa shape index (κ3) is 5.42. The van der Waals surface area contributed by atoms with Crippen molar-refractivity contribution in [3.8, 4) is 0 Å². The molecule has 2 aromatic carbocycles. The molecule has 0 saturated heterocycles. The third-order valence-electron chi connectivity index (χ3n) is 4.94. The molecule has 0 N–H and O–H groups in total. The number of hydrogen-bond acceptors (Lipinski definition) is 5. The Hall–Kier alpha value is -1.90. The quantitative estimate of drug-likeness (QED) is 0.499. The molecule has 30 heavy (non-hydrogen) atoms. The number of sulfone groups is 1. The highest BCUT2D eigenvalue weighted by atomic mass is 32.2. The lowest BCUT2D eigenvalue weighted by Gasteiger charge is -2.06. The Bertz CT molecular complexity index is 1210. The summed E-state index contributed by atoms with van der Waals surface area (Å²) in [6.07, 6.45) is 2.42. The van der Waals surface area contributed by atoms with Gasteiger partial charge in [0.05, 0.1) is 20.9 Å². The predicted molar refractivity (Wildman–Crippen MR) is 126 cm³/mol. The average Bonchev–Trinajstić information content (AvgIpc) is 3.03. The van der Waals surface area contributed by atoms with E-state index in [2.05, 4.69) is 41.8 Å². The van der Waals surface area contributed by atoms with Crippen LogP contribution >= 0.6 is 23.1 Å². The van der Waals surface area contributed by atoms with Crippen LogP contribution in [0.15, 0.2) is 52.4 Å². The maximum absolute atomic E-state index is 12.5. The molecule has 0 radical (unpaired) electrons. The minimum absolute atomic E-state index is 0.0600. The molecule has 0 saturated carbocycles. The van der Waals surface area contributed by atoms with E-state index < -0.39 is 9.84 Å². The van der Waals surface area contributed by atoms with Crippen molar-refractivity contribution in [1.29, 1.82) is 0 Å². The van der Waals surface area contributed by atoms with E-state index >= 15 is 0 Å². The summed E-state index contributed by atoms with van der Waals surface area (Å²) in [7, 11) is -3.38. The number of aryl methyl sites for hydroxylation is 3. The van der Waals surface area contributed by atoms with E-state index in [0.29, 0.717) is 9.70 Å². The molecule has 5 nitrogen and oxygen atoms in total. The minimum atomic E-state index is -3.38. The highest BCUT2D eigenvalue weighted by Gasteiger charge is 2.15. The summed E-state index contributed by atoms with van der Waals surface area (Å²) < 4.78 is 28.0. The van der Waals surface area contributed by atoms with E-state index in [1.54, 1.807) is 42.1 Å². The Morgan fingerprint density at radius 2 is 1.83 bits per heavy atom. The molecule has 0 bridgehead atoms. The highest BCUT2D eigenvalue weighted by molar-refractivity contribution is 7.98. The summed E-state index contributed by atoms with van der Waals surface area (Å²) in [5, 5.41) is 0. The highest BCUT2D eigenvalue weighted by Crippen LogP contribution is 2.22. The van der Waals surface area contributed by atoms with Gasteiger partial charge in [0, 0.05) is 18.7 Å². The number of nitrogens with zero attached hydrogens (tertiary/aromatic N) is 2. The summed E-state index contributed by atoms with van der Waals surface area (Å²) in [5.74, 6) is 0.585. The van der Waals surface area contributed by atoms with Crippen molar-refractivity contribution in [2.24, 2.45) is 4.99 Å². The van der Waals surface area contributed by atoms with E-state index in [4.69, 9.17) is 0 Å². The van der Waals surface area contributed by atoms with Crippen LogP contribution < -0.4 is 4.80 Å². The maximum Gasteiger partial charge on any atom is 0.248 e. The number of aromatic nitrogens is 1. The summed E-state index contributed by atoms with van der Waals surface area (Å²) in [6.45, 7) is 4.94. The SMILES string of the molecule is CSCCn1c(=NC(=O)CCCS(=O)(=O)c2ccccc2)sc2cc(C)c(C)cc21. The van der Waals surface area contributed by atoms with Gasteiger partial charge in [-0.05, 0) is 61.9 Å². The van der Waals surface area contributed by atoms with Gasteiger partial charge in [-0.2, -0.15) is 16.8 Å². The molecular formula is C22H26N2O3S3. The van der Waals surface area contributed by atoms with Gasteiger partial charge in [0.25, 0.3) is 0 Å². The molecule has 0 unspecified atom stereocenters.